The van der Waals surface area contributed by atoms with E-state index in [4.69, 9.17) is 11.0 Å². The normalized spacial score (nSPS) is 10.9. The highest BCUT2D eigenvalue weighted by atomic mass is 14.9. The average Bonchev–Trinajstić information content (AvgIpc) is 2.29. The van der Waals surface area contributed by atoms with Gasteiger partial charge < -0.3 is 11.1 Å². The maximum atomic E-state index is 8.69. The van der Waals surface area contributed by atoms with Gasteiger partial charge in [-0.1, -0.05) is 25.5 Å². The van der Waals surface area contributed by atoms with E-state index in [1.54, 1.807) is 6.08 Å². The highest BCUT2D eigenvalue weighted by molar-refractivity contribution is 5.67. The number of nitriles is 1. The van der Waals surface area contributed by atoms with Crippen molar-refractivity contribution in [1.82, 2.24) is 0 Å². The number of para-hydroxylation sites is 2. The number of nitrogen functional groups attached to an aromatic ring is 1. The number of nitrogens with two attached hydrogens (primary N) is 1. The van der Waals surface area contributed by atoms with Crippen LogP contribution in [0.15, 0.2) is 36.0 Å². The molecule has 0 saturated heterocycles. The summed E-state index contributed by atoms with van der Waals surface area (Å²) in [5, 5.41) is 11.9. The van der Waals surface area contributed by atoms with Gasteiger partial charge in [-0.05, 0) is 25.0 Å². The highest BCUT2D eigenvalue weighted by Gasteiger charge is 2.00. The molecule has 0 bridgehead atoms. The van der Waals surface area contributed by atoms with Crippen molar-refractivity contribution in [3.05, 3.63) is 36.0 Å². The molecule has 1 aromatic rings. The van der Waals surface area contributed by atoms with E-state index in [0.717, 1.165) is 30.6 Å². The fourth-order valence-corrected chi connectivity index (χ4v) is 1.40. The average molecular weight is 215 g/mol. The van der Waals surface area contributed by atoms with Crippen LogP contribution in [-0.4, -0.2) is 0 Å². The van der Waals surface area contributed by atoms with E-state index in [2.05, 4.69) is 18.3 Å². The van der Waals surface area contributed by atoms with Gasteiger partial charge in [0.05, 0.1) is 17.4 Å². The fraction of sp³-hybridized carbons (Fsp3) is 0.308. The summed E-state index contributed by atoms with van der Waals surface area (Å²) in [5.41, 5.74) is 8.30. The molecule has 0 aliphatic heterocycles. The third-order valence-electron chi connectivity index (χ3n) is 2.29. The fourth-order valence-electron chi connectivity index (χ4n) is 1.40. The lowest BCUT2D eigenvalue weighted by atomic mass is 10.2. The molecule has 1 aromatic carbocycles. The van der Waals surface area contributed by atoms with Gasteiger partial charge in [0.25, 0.3) is 0 Å². The number of hydrogen-bond donors (Lipinski definition) is 2. The van der Waals surface area contributed by atoms with E-state index in [1.165, 1.54) is 0 Å². The van der Waals surface area contributed by atoms with Gasteiger partial charge in [-0.2, -0.15) is 5.26 Å². The van der Waals surface area contributed by atoms with Crippen molar-refractivity contribution >= 4 is 11.4 Å². The molecule has 0 aliphatic rings. The van der Waals surface area contributed by atoms with Crippen molar-refractivity contribution in [3.8, 4) is 6.07 Å². The van der Waals surface area contributed by atoms with E-state index >= 15 is 0 Å². The summed E-state index contributed by atoms with van der Waals surface area (Å²) in [4.78, 5) is 0. The molecular weight excluding hydrogens is 198 g/mol. The number of hydrogen-bond acceptors (Lipinski definition) is 3. The number of rotatable bonds is 5. The Morgan fingerprint density at radius 3 is 2.88 bits per heavy atom. The quantitative estimate of drug-likeness (QED) is 0.585. The van der Waals surface area contributed by atoms with Crippen LogP contribution in [0.5, 0.6) is 0 Å². The molecule has 0 spiro atoms. The van der Waals surface area contributed by atoms with Gasteiger partial charge in [0.2, 0.25) is 0 Å². The third kappa shape index (κ3) is 3.66. The van der Waals surface area contributed by atoms with Gasteiger partial charge in [-0.3, -0.25) is 0 Å². The second kappa shape index (κ2) is 6.52. The lowest BCUT2D eigenvalue weighted by molar-refractivity contribution is 0.790. The van der Waals surface area contributed by atoms with Gasteiger partial charge >= 0.3 is 0 Å². The summed E-state index contributed by atoms with van der Waals surface area (Å²) in [5.74, 6) is 0. The predicted molar refractivity (Wildman–Crippen MR) is 67.7 cm³/mol. The summed E-state index contributed by atoms with van der Waals surface area (Å²) in [6, 6.07) is 9.61. The van der Waals surface area contributed by atoms with Crippen LogP contribution >= 0.6 is 0 Å². The minimum absolute atomic E-state index is 0.697. The number of nitrogens with zero attached hydrogens (tertiary/aromatic N) is 1. The Morgan fingerprint density at radius 2 is 2.25 bits per heavy atom. The molecule has 3 nitrogen and oxygen atoms in total. The van der Waals surface area contributed by atoms with Crippen molar-refractivity contribution in [1.29, 1.82) is 5.26 Å². The Morgan fingerprint density at radius 1 is 1.50 bits per heavy atom. The molecule has 3 N–H and O–H groups in total. The summed E-state index contributed by atoms with van der Waals surface area (Å²) in [6.07, 6.45) is 4.59. The minimum atomic E-state index is 0.697. The molecule has 0 saturated carbocycles. The molecule has 0 aromatic heterocycles. The number of benzene rings is 1. The second-order valence-electron chi connectivity index (χ2n) is 3.61. The lowest BCUT2D eigenvalue weighted by Crippen LogP contribution is -2.02. The molecule has 84 valence electrons. The molecule has 0 unspecified atom stereocenters. The predicted octanol–water partition coefficient (Wildman–Crippen LogP) is 3.28. The monoisotopic (exact) mass is 215 g/mol. The van der Waals surface area contributed by atoms with E-state index in [9.17, 15) is 0 Å². The zero-order chi connectivity index (χ0) is 11.8. The topological polar surface area (TPSA) is 61.8 Å². The van der Waals surface area contributed by atoms with Crippen LogP contribution in [-0.2, 0) is 0 Å². The summed E-state index contributed by atoms with van der Waals surface area (Å²) in [7, 11) is 0. The number of allylic oxidation sites excluding steroid dienone is 2. The van der Waals surface area contributed by atoms with E-state index in [0.29, 0.717) is 5.69 Å². The zero-order valence-electron chi connectivity index (χ0n) is 9.53. The van der Waals surface area contributed by atoms with Gasteiger partial charge in [-0.25, -0.2) is 0 Å². The van der Waals surface area contributed by atoms with Crippen LogP contribution in [0, 0.1) is 11.3 Å². The Balaban J connectivity index is 2.73. The Kier molecular flexibility index (Phi) is 4.94. The van der Waals surface area contributed by atoms with Crippen LogP contribution in [0.1, 0.15) is 26.2 Å². The number of nitrogens with one attached hydrogen (secondary N) is 1. The molecule has 3 heteroatoms. The first-order valence-corrected chi connectivity index (χ1v) is 5.48. The van der Waals surface area contributed by atoms with Crippen LogP contribution in [0.4, 0.5) is 11.4 Å². The Hall–Kier alpha value is -1.95. The first-order chi connectivity index (χ1) is 7.77. The summed E-state index contributed by atoms with van der Waals surface area (Å²) < 4.78 is 0. The largest absolute Gasteiger partial charge is 0.397 e. The summed E-state index contributed by atoms with van der Waals surface area (Å²) in [6.45, 7) is 2.13. The molecule has 0 radical (unpaired) electrons. The van der Waals surface area contributed by atoms with Crippen LogP contribution < -0.4 is 11.1 Å². The van der Waals surface area contributed by atoms with Gasteiger partial charge in [0.1, 0.15) is 0 Å². The summed E-state index contributed by atoms with van der Waals surface area (Å²) >= 11 is 0. The third-order valence-corrected chi connectivity index (χ3v) is 2.29. The highest BCUT2D eigenvalue weighted by Crippen LogP contribution is 2.20. The zero-order valence-corrected chi connectivity index (χ0v) is 9.53. The smallest absolute Gasteiger partial charge is 0.0930 e. The number of unbranched alkanes of at least 4 members (excludes halogenated alkanes) is 1. The Bertz CT molecular complexity index is 402. The van der Waals surface area contributed by atoms with Crippen molar-refractivity contribution < 1.29 is 0 Å². The first kappa shape index (κ1) is 12.1. The SMILES string of the molecule is CCCC/C(=C\C#N)Nc1ccccc1N. The molecule has 0 fully saturated rings. The molecule has 16 heavy (non-hydrogen) atoms. The molecule has 0 heterocycles. The minimum Gasteiger partial charge on any atom is -0.397 e. The van der Waals surface area contributed by atoms with Crippen LogP contribution in [0.25, 0.3) is 0 Å². The molecule has 0 amide bonds. The molecule has 0 atom stereocenters. The van der Waals surface area contributed by atoms with Crippen LogP contribution in [0.2, 0.25) is 0 Å². The Labute approximate surface area is 96.6 Å². The van der Waals surface area contributed by atoms with Crippen molar-refractivity contribution in [3.63, 3.8) is 0 Å². The van der Waals surface area contributed by atoms with E-state index in [-0.39, 0.29) is 0 Å². The van der Waals surface area contributed by atoms with Crippen molar-refractivity contribution in [2.75, 3.05) is 11.1 Å². The van der Waals surface area contributed by atoms with E-state index in [1.807, 2.05) is 24.3 Å². The first-order valence-electron chi connectivity index (χ1n) is 5.48. The number of anilines is 2. The molecule has 0 aliphatic carbocycles. The van der Waals surface area contributed by atoms with Crippen molar-refractivity contribution in [2.45, 2.75) is 26.2 Å². The van der Waals surface area contributed by atoms with Crippen molar-refractivity contribution in [2.24, 2.45) is 0 Å². The second-order valence-corrected chi connectivity index (χ2v) is 3.61. The molecular formula is C13H17N3. The van der Waals surface area contributed by atoms with Gasteiger partial charge in [0.15, 0.2) is 0 Å². The maximum Gasteiger partial charge on any atom is 0.0930 e. The van der Waals surface area contributed by atoms with Gasteiger partial charge in [-0.15, -0.1) is 0 Å². The molecule has 1 rings (SSSR count). The van der Waals surface area contributed by atoms with Crippen LogP contribution in [0.3, 0.4) is 0 Å². The maximum absolute atomic E-state index is 8.69. The van der Waals surface area contributed by atoms with E-state index < -0.39 is 0 Å². The standard InChI is InChI=1S/C13H17N3/c1-2-3-6-11(9-10-14)16-13-8-5-4-7-12(13)15/h4-5,7-9,16H,2-3,6,15H2,1H3/b11-9+. The van der Waals surface area contributed by atoms with Gasteiger partial charge in [0, 0.05) is 11.8 Å². The lowest BCUT2D eigenvalue weighted by Gasteiger charge is -2.11.